The van der Waals surface area contributed by atoms with Crippen molar-refractivity contribution in [2.24, 2.45) is 5.73 Å². The zero-order valence-corrected chi connectivity index (χ0v) is 23.3. The number of nitrogens with two attached hydrogens (primary N) is 1. The number of anilines is 4. The van der Waals surface area contributed by atoms with Gasteiger partial charge in [-0.15, -0.1) is 0 Å². The third-order valence-corrected chi connectivity index (χ3v) is 8.33. The number of fused-ring (bicyclic) bond motifs is 1. The van der Waals surface area contributed by atoms with E-state index >= 15 is 0 Å². The normalized spacial score (nSPS) is 18.7. The van der Waals surface area contributed by atoms with Crippen molar-refractivity contribution in [3.8, 4) is 12.1 Å². The Morgan fingerprint density at radius 1 is 1.05 bits per heavy atom. The molecule has 2 aliphatic heterocycles. The second-order valence-electron chi connectivity index (χ2n) is 10.8. The van der Waals surface area contributed by atoms with Gasteiger partial charge in [0.25, 0.3) is 0 Å². The van der Waals surface area contributed by atoms with Gasteiger partial charge in [0.05, 0.1) is 40.8 Å². The van der Waals surface area contributed by atoms with E-state index in [2.05, 4.69) is 52.5 Å². The van der Waals surface area contributed by atoms with Gasteiger partial charge in [-0.3, -0.25) is 14.6 Å². The van der Waals surface area contributed by atoms with Crippen molar-refractivity contribution in [1.29, 1.82) is 10.5 Å². The fourth-order valence-corrected chi connectivity index (χ4v) is 5.90. The number of hydrogen-bond donors (Lipinski definition) is 3. The van der Waals surface area contributed by atoms with E-state index in [4.69, 9.17) is 17.3 Å². The lowest BCUT2D eigenvalue weighted by atomic mass is 10.0. The second kappa shape index (κ2) is 11.4. The van der Waals surface area contributed by atoms with Gasteiger partial charge < -0.3 is 21.3 Å². The highest BCUT2D eigenvalue weighted by molar-refractivity contribution is 6.36. The average Bonchev–Trinajstić information content (AvgIpc) is 3.70. The van der Waals surface area contributed by atoms with Gasteiger partial charge in [0, 0.05) is 51.4 Å². The van der Waals surface area contributed by atoms with Crippen LogP contribution in [0.3, 0.4) is 0 Å². The summed E-state index contributed by atoms with van der Waals surface area (Å²) in [5.74, 6) is 0.470. The summed E-state index contributed by atoms with van der Waals surface area (Å²) in [5.41, 5.74) is 7.85. The Bertz CT molecular complexity index is 1540. The Morgan fingerprint density at radius 2 is 1.80 bits per heavy atom. The number of aromatic nitrogens is 4. The molecule has 2 aromatic heterocycles. The summed E-state index contributed by atoms with van der Waals surface area (Å²) in [6, 6.07) is 8.67. The maximum Gasteiger partial charge on any atom is 0.232 e. The molecule has 0 bridgehead atoms. The predicted octanol–water partition coefficient (Wildman–Crippen LogP) is 1.91. The summed E-state index contributed by atoms with van der Waals surface area (Å²) in [4.78, 5) is 27.2. The van der Waals surface area contributed by atoms with Gasteiger partial charge in [-0.1, -0.05) is 11.6 Å². The van der Waals surface area contributed by atoms with Crippen LogP contribution in [0.2, 0.25) is 5.02 Å². The van der Waals surface area contributed by atoms with Crippen molar-refractivity contribution in [1.82, 2.24) is 29.4 Å². The zero-order valence-electron chi connectivity index (χ0n) is 22.6. The Morgan fingerprint density at radius 3 is 2.46 bits per heavy atom. The number of piperazine rings is 1. The van der Waals surface area contributed by atoms with Gasteiger partial charge in [-0.05, 0) is 37.8 Å². The number of nitrogens with zero attached hydrogens (tertiary/aromatic N) is 9. The smallest absolute Gasteiger partial charge is 0.232 e. The molecule has 0 atom stereocenters. The summed E-state index contributed by atoms with van der Waals surface area (Å²) in [5, 5.41) is 30.6. The van der Waals surface area contributed by atoms with Crippen LogP contribution in [0.15, 0.2) is 18.3 Å². The lowest BCUT2D eigenvalue weighted by Crippen LogP contribution is -2.53. The molecule has 1 amide bonds. The van der Waals surface area contributed by atoms with E-state index in [9.17, 15) is 15.3 Å². The largest absolute Gasteiger partial charge is 0.369 e. The van der Waals surface area contributed by atoms with Gasteiger partial charge in [0.2, 0.25) is 17.8 Å². The van der Waals surface area contributed by atoms with Crippen LogP contribution >= 0.6 is 11.6 Å². The fourth-order valence-electron chi connectivity index (χ4n) is 5.62. The molecule has 3 aliphatic rings. The molecule has 0 unspecified atom stereocenters. The number of likely N-dealkylation sites (tertiary alicyclic amines) is 1. The number of halogens is 1. The van der Waals surface area contributed by atoms with Gasteiger partial charge in [0.15, 0.2) is 5.65 Å². The highest BCUT2D eigenvalue weighted by atomic mass is 35.5. The fraction of sp³-hybridized carbons (Fsp3) is 0.481. The van der Waals surface area contributed by atoms with Crippen molar-refractivity contribution in [2.45, 2.75) is 37.8 Å². The first-order valence-electron chi connectivity index (χ1n) is 13.8. The van der Waals surface area contributed by atoms with E-state index in [1.54, 1.807) is 6.07 Å². The SMILES string of the molecule is N#Cc1cc(Nc2nc(NC3CC3)n3ncc(C#N)c3n2)c(Cl)c(N2CCN(C3CCN(CC(N)=O)CC3)CC2)c1. The van der Waals surface area contributed by atoms with Crippen LogP contribution in [0.25, 0.3) is 5.65 Å². The zero-order chi connectivity index (χ0) is 28.5. The number of piperidine rings is 1. The van der Waals surface area contributed by atoms with Crippen molar-refractivity contribution in [2.75, 3.05) is 61.3 Å². The van der Waals surface area contributed by atoms with Crippen molar-refractivity contribution in [3.05, 3.63) is 34.5 Å². The molecule has 0 spiro atoms. The Kier molecular flexibility index (Phi) is 7.49. The lowest BCUT2D eigenvalue weighted by molar-refractivity contribution is -0.119. The topological polar surface area (TPSA) is 168 Å². The molecule has 1 saturated carbocycles. The van der Waals surface area contributed by atoms with E-state index in [0.29, 0.717) is 52.1 Å². The molecule has 13 nitrogen and oxygen atoms in total. The number of primary amides is 1. The molecule has 41 heavy (non-hydrogen) atoms. The number of hydrogen-bond acceptors (Lipinski definition) is 11. The average molecular weight is 575 g/mol. The molecule has 1 aromatic carbocycles. The van der Waals surface area contributed by atoms with Crippen molar-refractivity contribution >= 4 is 46.4 Å². The van der Waals surface area contributed by atoms with E-state index in [-0.39, 0.29) is 11.9 Å². The number of carbonyl (C=O) groups excluding carboxylic acids is 1. The van der Waals surface area contributed by atoms with Crippen molar-refractivity contribution < 1.29 is 4.79 Å². The number of nitrogens with one attached hydrogen (secondary N) is 2. The molecule has 0 radical (unpaired) electrons. The van der Waals surface area contributed by atoms with Crippen LogP contribution in [0.1, 0.15) is 36.8 Å². The van der Waals surface area contributed by atoms with Crippen LogP contribution in [0.5, 0.6) is 0 Å². The third-order valence-electron chi connectivity index (χ3n) is 7.94. The van der Waals surface area contributed by atoms with Crippen LogP contribution < -0.4 is 21.3 Å². The molecule has 4 heterocycles. The molecular formula is C27H31ClN12O. The molecule has 6 rings (SSSR count). The van der Waals surface area contributed by atoms with Gasteiger partial charge in [-0.2, -0.15) is 30.1 Å². The first-order chi connectivity index (χ1) is 19.9. The summed E-state index contributed by atoms with van der Waals surface area (Å²) in [6.07, 6.45) is 5.58. The van der Waals surface area contributed by atoms with Crippen LogP contribution in [0.4, 0.5) is 23.3 Å². The lowest BCUT2D eigenvalue weighted by Gasteiger charge is -2.43. The standard InChI is InChI=1S/C27H31ClN12O/c28-24-21(34-26-35-25-18(14-30)15-32-40(25)27(36-26)33-19-1-2-19)11-17(13-29)12-22(24)39-9-7-38(8-10-39)20-3-5-37(6-4-20)16-23(31)41/h11-12,15,19-20H,1-10,16H2,(H2,31,41)(H2,33,34,35,36). The summed E-state index contributed by atoms with van der Waals surface area (Å²) in [7, 11) is 0. The van der Waals surface area contributed by atoms with E-state index in [0.717, 1.165) is 70.6 Å². The molecule has 212 valence electrons. The highest BCUT2D eigenvalue weighted by Gasteiger charge is 2.29. The Labute approximate surface area is 242 Å². The van der Waals surface area contributed by atoms with Crippen molar-refractivity contribution in [3.63, 3.8) is 0 Å². The maximum absolute atomic E-state index is 11.2. The molecular weight excluding hydrogens is 544 g/mol. The summed E-state index contributed by atoms with van der Waals surface area (Å²) in [6.45, 7) is 5.38. The molecule has 4 N–H and O–H groups in total. The quantitative estimate of drug-likeness (QED) is 0.359. The number of carbonyl (C=O) groups is 1. The Balaban J connectivity index is 1.19. The molecule has 3 fully saturated rings. The number of nitriles is 2. The van der Waals surface area contributed by atoms with Gasteiger partial charge in [-0.25, -0.2) is 0 Å². The number of benzene rings is 1. The molecule has 14 heteroatoms. The third kappa shape index (κ3) is 5.84. The van der Waals surface area contributed by atoms with E-state index in [1.807, 2.05) is 6.07 Å². The first-order valence-corrected chi connectivity index (χ1v) is 14.2. The minimum atomic E-state index is -0.279. The van der Waals surface area contributed by atoms with Gasteiger partial charge in [0.1, 0.15) is 11.6 Å². The number of rotatable bonds is 8. The molecule has 3 aromatic rings. The first kappa shape index (κ1) is 27.0. The minimum absolute atomic E-state index is 0.257. The minimum Gasteiger partial charge on any atom is -0.369 e. The summed E-state index contributed by atoms with van der Waals surface area (Å²) < 4.78 is 1.53. The maximum atomic E-state index is 11.2. The van der Waals surface area contributed by atoms with Gasteiger partial charge >= 0.3 is 0 Å². The highest BCUT2D eigenvalue weighted by Crippen LogP contribution is 2.37. The monoisotopic (exact) mass is 574 g/mol. The van der Waals surface area contributed by atoms with Crippen LogP contribution in [0, 0.1) is 22.7 Å². The molecule has 1 aliphatic carbocycles. The summed E-state index contributed by atoms with van der Waals surface area (Å²) >= 11 is 6.94. The van der Waals surface area contributed by atoms with E-state index < -0.39 is 0 Å². The molecule has 2 saturated heterocycles. The number of amides is 1. The van der Waals surface area contributed by atoms with Crippen LogP contribution in [-0.4, -0.2) is 93.2 Å². The predicted molar refractivity (Wildman–Crippen MR) is 154 cm³/mol. The van der Waals surface area contributed by atoms with Crippen LogP contribution in [-0.2, 0) is 4.79 Å². The van der Waals surface area contributed by atoms with E-state index in [1.165, 1.54) is 10.7 Å². The Hall–Kier alpha value is -4.17. The second-order valence-corrected chi connectivity index (χ2v) is 11.2.